The lowest BCUT2D eigenvalue weighted by Gasteiger charge is -2.35. The predicted molar refractivity (Wildman–Crippen MR) is 117 cm³/mol. The van der Waals surface area contributed by atoms with Crippen LogP contribution in [0.25, 0.3) is 0 Å². The molecule has 2 aromatic heterocycles. The summed E-state index contributed by atoms with van der Waals surface area (Å²) in [6.45, 7) is 9.54. The van der Waals surface area contributed by atoms with E-state index in [2.05, 4.69) is 48.2 Å². The molecule has 0 saturated carbocycles. The van der Waals surface area contributed by atoms with Crippen LogP contribution in [-0.4, -0.2) is 71.8 Å². The van der Waals surface area contributed by atoms with Crippen molar-refractivity contribution in [3.8, 4) is 0 Å². The molecule has 2 aromatic rings. The van der Waals surface area contributed by atoms with E-state index in [0.29, 0.717) is 13.1 Å². The number of nitrogens with one attached hydrogen (secondary N) is 1. The van der Waals surface area contributed by atoms with E-state index in [1.807, 2.05) is 18.2 Å². The van der Waals surface area contributed by atoms with Gasteiger partial charge in [-0.25, -0.2) is 0 Å². The second kappa shape index (κ2) is 9.84. The van der Waals surface area contributed by atoms with Crippen LogP contribution in [0.3, 0.4) is 0 Å². The molecule has 1 N–H and O–H groups in total. The Morgan fingerprint density at radius 2 is 1.83 bits per heavy atom. The minimum atomic E-state index is -0.0287. The Bertz CT molecular complexity index is 806. The molecule has 8 heteroatoms. The summed E-state index contributed by atoms with van der Waals surface area (Å²) in [5.41, 5.74) is 1.01. The number of amides is 1. The molecule has 0 aromatic carbocycles. The van der Waals surface area contributed by atoms with E-state index >= 15 is 0 Å². The SMILES string of the molecule is CCN1CCN(c2ccc(N3CCCC(C(=O)NCc4cccnc4)C3)nn2)CC1. The number of nitrogens with zero attached hydrogens (tertiary/aromatic N) is 6. The summed E-state index contributed by atoms with van der Waals surface area (Å²) in [6, 6.07) is 7.97. The maximum Gasteiger partial charge on any atom is 0.225 e. The first-order valence-electron chi connectivity index (χ1n) is 11.0. The first kappa shape index (κ1) is 20.5. The van der Waals surface area contributed by atoms with Crippen LogP contribution in [-0.2, 0) is 11.3 Å². The molecule has 0 radical (unpaired) electrons. The number of rotatable bonds is 6. The maximum absolute atomic E-state index is 12.7. The van der Waals surface area contributed by atoms with E-state index in [1.54, 1.807) is 12.4 Å². The van der Waals surface area contributed by atoms with E-state index in [1.165, 1.54) is 0 Å². The van der Waals surface area contributed by atoms with E-state index in [-0.39, 0.29) is 11.8 Å². The Morgan fingerprint density at radius 3 is 2.50 bits per heavy atom. The molecule has 2 saturated heterocycles. The number of likely N-dealkylation sites (N-methyl/N-ethyl adjacent to an activating group) is 1. The molecule has 2 aliphatic heterocycles. The number of carbonyl (C=O) groups is 1. The van der Waals surface area contributed by atoms with Gasteiger partial charge in [0.1, 0.15) is 0 Å². The van der Waals surface area contributed by atoms with Gasteiger partial charge in [0.05, 0.1) is 5.92 Å². The van der Waals surface area contributed by atoms with Crippen LogP contribution in [0.4, 0.5) is 11.6 Å². The van der Waals surface area contributed by atoms with E-state index in [9.17, 15) is 4.79 Å². The van der Waals surface area contributed by atoms with Crippen LogP contribution in [0.15, 0.2) is 36.7 Å². The van der Waals surface area contributed by atoms with Gasteiger partial charge in [-0.1, -0.05) is 13.0 Å². The van der Waals surface area contributed by atoms with Crippen molar-refractivity contribution < 1.29 is 4.79 Å². The van der Waals surface area contributed by atoms with Gasteiger partial charge in [-0.05, 0) is 43.1 Å². The minimum Gasteiger partial charge on any atom is -0.354 e. The molecule has 4 rings (SSSR count). The van der Waals surface area contributed by atoms with Gasteiger partial charge in [0.15, 0.2) is 11.6 Å². The van der Waals surface area contributed by atoms with Crippen molar-refractivity contribution in [1.82, 2.24) is 25.4 Å². The molecule has 1 atom stereocenters. The van der Waals surface area contributed by atoms with Crippen LogP contribution in [0.5, 0.6) is 0 Å². The smallest absolute Gasteiger partial charge is 0.225 e. The van der Waals surface area contributed by atoms with Gasteiger partial charge in [-0.2, -0.15) is 0 Å². The fourth-order valence-corrected chi connectivity index (χ4v) is 4.18. The molecule has 1 unspecified atom stereocenters. The summed E-state index contributed by atoms with van der Waals surface area (Å²) >= 11 is 0. The zero-order valence-corrected chi connectivity index (χ0v) is 17.7. The van der Waals surface area contributed by atoms with Gasteiger partial charge < -0.3 is 20.0 Å². The lowest BCUT2D eigenvalue weighted by molar-refractivity contribution is -0.125. The van der Waals surface area contributed by atoms with Crippen LogP contribution >= 0.6 is 0 Å². The average molecular weight is 410 g/mol. The van der Waals surface area contributed by atoms with Gasteiger partial charge >= 0.3 is 0 Å². The van der Waals surface area contributed by atoms with Crippen LogP contribution in [0.1, 0.15) is 25.3 Å². The number of carbonyl (C=O) groups excluding carboxylic acids is 1. The molecule has 0 aliphatic carbocycles. The molecule has 0 spiro atoms. The Balaban J connectivity index is 1.31. The van der Waals surface area contributed by atoms with Crippen LogP contribution < -0.4 is 15.1 Å². The van der Waals surface area contributed by atoms with Crippen molar-refractivity contribution in [2.45, 2.75) is 26.3 Å². The monoisotopic (exact) mass is 409 g/mol. The standard InChI is InChI=1S/C22H31N7O/c1-2-27-11-13-28(14-12-27)20-7-8-21(26-25-20)29-10-4-6-19(17-29)22(30)24-16-18-5-3-9-23-15-18/h3,5,7-9,15,19H,2,4,6,10-14,16-17H2,1H3,(H,24,30). The fraction of sp³-hybridized carbons (Fsp3) is 0.545. The van der Waals surface area contributed by atoms with E-state index < -0.39 is 0 Å². The highest BCUT2D eigenvalue weighted by molar-refractivity contribution is 5.79. The van der Waals surface area contributed by atoms with E-state index in [0.717, 1.165) is 69.3 Å². The molecule has 2 fully saturated rings. The molecule has 4 heterocycles. The third kappa shape index (κ3) is 5.05. The first-order valence-corrected chi connectivity index (χ1v) is 11.0. The van der Waals surface area contributed by atoms with Gasteiger partial charge in [0, 0.05) is 58.2 Å². The summed E-state index contributed by atoms with van der Waals surface area (Å²) in [5.74, 6) is 1.87. The van der Waals surface area contributed by atoms with Crippen LogP contribution in [0, 0.1) is 5.92 Å². The molecule has 0 bridgehead atoms. The van der Waals surface area contributed by atoms with Crippen molar-refractivity contribution >= 4 is 17.5 Å². The van der Waals surface area contributed by atoms with Crippen molar-refractivity contribution in [3.05, 3.63) is 42.2 Å². The third-order valence-electron chi connectivity index (χ3n) is 6.09. The van der Waals surface area contributed by atoms with Crippen molar-refractivity contribution in [3.63, 3.8) is 0 Å². The Morgan fingerprint density at radius 1 is 1.07 bits per heavy atom. The highest BCUT2D eigenvalue weighted by Gasteiger charge is 2.27. The summed E-state index contributed by atoms with van der Waals surface area (Å²) in [6.07, 6.45) is 5.41. The number of piperidine rings is 1. The summed E-state index contributed by atoms with van der Waals surface area (Å²) in [5, 5.41) is 12.0. The van der Waals surface area contributed by atoms with Crippen molar-refractivity contribution in [1.29, 1.82) is 0 Å². The summed E-state index contributed by atoms with van der Waals surface area (Å²) in [7, 11) is 0. The van der Waals surface area contributed by atoms with Crippen LogP contribution in [0.2, 0.25) is 0 Å². The number of aromatic nitrogens is 3. The average Bonchev–Trinajstić information content (AvgIpc) is 2.83. The van der Waals surface area contributed by atoms with Gasteiger partial charge in [-0.3, -0.25) is 9.78 Å². The molecular formula is C22H31N7O. The summed E-state index contributed by atoms with van der Waals surface area (Å²) < 4.78 is 0. The molecular weight excluding hydrogens is 378 g/mol. The van der Waals surface area contributed by atoms with Gasteiger partial charge in [-0.15, -0.1) is 10.2 Å². The quantitative estimate of drug-likeness (QED) is 0.776. The molecule has 8 nitrogen and oxygen atoms in total. The molecule has 30 heavy (non-hydrogen) atoms. The zero-order valence-electron chi connectivity index (χ0n) is 17.7. The topological polar surface area (TPSA) is 77.5 Å². The molecule has 1 amide bonds. The maximum atomic E-state index is 12.7. The van der Waals surface area contributed by atoms with Gasteiger partial charge in [0.2, 0.25) is 5.91 Å². The predicted octanol–water partition coefficient (Wildman–Crippen LogP) is 1.55. The number of anilines is 2. The highest BCUT2D eigenvalue weighted by atomic mass is 16.1. The lowest BCUT2D eigenvalue weighted by atomic mass is 9.97. The third-order valence-corrected chi connectivity index (χ3v) is 6.09. The fourth-order valence-electron chi connectivity index (χ4n) is 4.18. The second-order valence-corrected chi connectivity index (χ2v) is 8.04. The van der Waals surface area contributed by atoms with Crippen molar-refractivity contribution in [2.24, 2.45) is 5.92 Å². The normalized spacial score (nSPS) is 20.2. The number of hydrogen-bond acceptors (Lipinski definition) is 7. The Labute approximate surface area is 178 Å². The number of pyridine rings is 1. The first-order chi connectivity index (χ1) is 14.7. The second-order valence-electron chi connectivity index (χ2n) is 8.04. The largest absolute Gasteiger partial charge is 0.354 e. The number of piperazine rings is 1. The molecule has 160 valence electrons. The summed E-state index contributed by atoms with van der Waals surface area (Å²) in [4.78, 5) is 23.7. The Kier molecular flexibility index (Phi) is 6.74. The van der Waals surface area contributed by atoms with Gasteiger partial charge in [0.25, 0.3) is 0 Å². The number of hydrogen-bond donors (Lipinski definition) is 1. The van der Waals surface area contributed by atoms with E-state index in [4.69, 9.17) is 0 Å². The highest BCUT2D eigenvalue weighted by Crippen LogP contribution is 2.23. The minimum absolute atomic E-state index is 0.0287. The van der Waals surface area contributed by atoms with Crippen molar-refractivity contribution in [2.75, 3.05) is 55.6 Å². The molecule has 2 aliphatic rings. The Hall–Kier alpha value is -2.74. The lowest BCUT2D eigenvalue weighted by Crippen LogP contribution is -2.46. The zero-order chi connectivity index (χ0) is 20.8.